The summed E-state index contributed by atoms with van der Waals surface area (Å²) in [5.41, 5.74) is 1.85. The molecule has 2 amide bonds. The van der Waals surface area contributed by atoms with Gasteiger partial charge in [-0.3, -0.25) is 9.59 Å². The fourth-order valence-corrected chi connectivity index (χ4v) is 8.85. The lowest BCUT2D eigenvalue weighted by molar-refractivity contribution is -0.120. The molecule has 1 aromatic heterocycles. The molecule has 3 aliphatic heterocycles. The first-order valence-corrected chi connectivity index (χ1v) is 17.5. The number of furan rings is 1. The van der Waals surface area contributed by atoms with E-state index < -0.39 is 32.0 Å². The number of amides is 2. The number of nitrogens with one attached hydrogen (secondary N) is 1. The maximum absolute atomic E-state index is 13.5. The molecular weight excluding hydrogens is 580 g/mol. The van der Waals surface area contributed by atoms with Crippen molar-refractivity contribution in [3.63, 3.8) is 0 Å². The summed E-state index contributed by atoms with van der Waals surface area (Å²) >= 11 is 0. The molecular formula is C29H34N4O7S2. The molecule has 13 heteroatoms. The maximum Gasteiger partial charge on any atom is 0.277 e. The number of benzene rings is 2. The molecule has 0 bridgehead atoms. The summed E-state index contributed by atoms with van der Waals surface area (Å²) in [5, 5.41) is 4.24. The topological polar surface area (TPSA) is 137 Å². The summed E-state index contributed by atoms with van der Waals surface area (Å²) in [5.74, 6) is -0.202. The first kappa shape index (κ1) is 28.8. The molecule has 2 aromatic carbocycles. The van der Waals surface area contributed by atoms with Crippen LogP contribution in [0.15, 0.2) is 58.2 Å². The summed E-state index contributed by atoms with van der Waals surface area (Å²) in [7, 11) is -7.16. The number of carbonyl (C=O) groups is 2. The molecule has 11 nitrogen and oxygen atoms in total. The zero-order valence-corrected chi connectivity index (χ0v) is 25.0. The van der Waals surface area contributed by atoms with Gasteiger partial charge in [0.25, 0.3) is 15.9 Å². The Hall–Kier alpha value is -3.26. The maximum atomic E-state index is 13.5. The number of hydrogen-bond acceptors (Lipinski definition) is 7. The Balaban J connectivity index is 1.20. The summed E-state index contributed by atoms with van der Waals surface area (Å²) in [6.07, 6.45) is 6.58. The predicted octanol–water partition coefficient (Wildman–Crippen LogP) is 3.64. The number of sulfonamides is 2. The Morgan fingerprint density at radius 1 is 0.976 bits per heavy atom. The minimum absolute atomic E-state index is 0.101. The minimum Gasteiger partial charge on any atom is -0.452 e. The third-order valence-corrected chi connectivity index (χ3v) is 11.8. The van der Waals surface area contributed by atoms with Crippen molar-refractivity contribution in [1.82, 2.24) is 8.61 Å². The Kier molecular flexibility index (Phi) is 7.62. The second kappa shape index (κ2) is 11.1. The van der Waals surface area contributed by atoms with Crippen LogP contribution in [0.3, 0.4) is 0 Å². The lowest BCUT2D eigenvalue weighted by atomic mass is 9.94. The van der Waals surface area contributed by atoms with Gasteiger partial charge in [-0.05, 0) is 68.4 Å². The third kappa shape index (κ3) is 5.23. The van der Waals surface area contributed by atoms with Gasteiger partial charge in [-0.25, -0.2) is 21.1 Å². The van der Waals surface area contributed by atoms with Crippen molar-refractivity contribution in [2.75, 3.05) is 42.7 Å². The fourth-order valence-electron chi connectivity index (χ4n) is 6.41. The van der Waals surface area contributed by atoms with Gasteiger partial charge in [0.05, 0.1) is 18.2 Å². The summed E-state index contributed by atoms with van der Waals surface area (Å²) in [6.45, 7) is 1.73. The Bertz CT molecular complexity index is 1730. The van der Waals surface area contributed by atoms with E-state index in [1.165, 1.54) is 33.3 Å². The fraction of sp³-hybridized carbons (Fsp3) is 0.448. The van der Waals surface area contributed by atoms with Crippen LogP contribution >= 0.6 is 0 Å². The summed E-state index contributed by atoms with van der Waals surface area (Å²) in [6, 6.07) is 11.0. The number of rotatable bonds is 8. The van der Waals surface area contributed by atoms with Crippen LogP contribution < -0.4 is 10.2 Å². The monoisotopic (exact) mass is 614 g/mol. The molecule has 2 saturated heterocycles. The highest BCUT2D eigenvalue weighted by atomic mass is 32.2. The smallest absolute Gasteiger partial charge is 0.277 e. The van der Waals surface area contributed by atoms with Gasteiger partial charge in [-0.15, -0.1) is 0 Å². The predicted molar refractivity (Wildman–Crippen MR) is 158 cm³/mol. The van der Waals surface area contributed by atoms with Crippen LogP contribution in [0.25, 0.3) is 10.8 Å². The molecule has 0 aliphatic carbocycles. The van der Waals surface area contributed by atoms with Crippen molar-refractivity contribution < 1.29 is 30.8 Å². The van der Waals surface area contributed by atoms with Crippen LogP contribution in [-0.4, -0.2) is 75.7 Å². The lowest BCUT2D eigenvalue weighted by Crippen LogP contribution is -2.49. The number of carbonyl (C=O) groups excluding carboxylic acids is 2. The molecule has 3 aromatic rings. The zero-order chi connectivity index (χ0) is 29.6. The quantitative estimate of drug-likeness (QED) is 0.409. The van der Waals surface area contributed by atoms with Crippen molar-refractivity contribution in [3.05, 3.63) is 54.3 Å². The second-order valence-electron chi connectivity index (χ2n) is 11.3. The van der Waals surface area contributed by atoms with Crippen LogP contribution in [-0.2, 0) is 24.8 Å². The van der Waals surface area contributed by atoms with Crippen molar-refractivity contribution >= 4 is 54.0 Å². The van der Waals surface area contributed by atoms with E-state index in [-0.39, 0.29) is 17.5 Å². The average molecular weight is 615 g/mol. The largest absolute Gasteiger partial charge is 0.452 e. The molecule has 6 rings (SSSR count). The minimum atomic E-state index is -3.97. The third-order valence-electron chi connectivity index (χ3n) is 8.66. The highest BCUT2D eigenvalue weighted by Gasteiger charge is 2.39. The van der Waals surface area contributed by atoms with E-state index in [2.05, 4.69) is 5.32 Å². The summed E-state index contributed by atoms with van der Waals surface area (Å²) in [4.78, 5) is 28.8. The van der Waals surface area contributed by atoms with E-state index in [9.17, 15) is 26.4 Å². The average Bonchev–Trinajstić information content (AvgIpc) is 3.62. The van der Waals surface area contributed by atoms with Crippen LogP contribution in [0, 0.1) is 5.92 Å². The van der Waals surface area contributed by atoms with Crippen LogP contribution in [0.1, 0.15) is 48.9 Å². The molecule has 1 N–H and O–H groups in total. The molecule has 224 valence electrons. The molecule has 2 fully saturated rings. The first-order chi connectivity index (χ1) is 20.1. The van der Waals surface area contributed by atoms with Crippen LogP contribution in [0.4, 0.5) is 11.4 Å². The van der Waals surface area contributed by atoms with Crippen molar-refractivity contribution in [2.45, 2.75) is 49.7 Å². The van der Waals surface area contributed by atoms with E-state index in [0.717, 1.165) is 36.8 Å². The highest BCUT2D eigenvalue weighted by Crippen LogP contribution is 2.41. The van der Waals surface area contributed by atoms with Crippen LogP contribution in [0.2, 0.25) is 0 Å². The van der Waals surface area contributed by atoms with Crippen molar-refractivity contribution in [2.24, 2.45) is 5.92 Å². The Morgan fingerprint density at radius 2 is 1.76 bits per heavy atom. The number of hydrogen-bond donors (Lipinski definition) is 1. The molecule has 4 heterocycles. The van der Waals surface area contributed by atoms with Gasteiger partial charge in [-0.1, -0.05) is 18.6 Å². The van der Waals surface area contributed by atoms with E-state index in [0.29, 0.717) is 55.0 Å². The highest BCUT2D eigenvalue weighted by molar-refractivity contribution is 7.89. The summed E-state index contributed by atoms with van der Waals surface area (Å²) < 4.78 is 58.0. The SMILES string of the molecule is CS(=O)(=O)N1CCC(CCN2C(=O)c3cccc4c(NC(=O)C5CCCCN5S(=O)(=O)c5ccco5)ccc2c34)CC1. The Morgan fingerprint density at radius 3 is 2.48 bits per heavy atom. The van der Waals surface area contributed by atoms with Gasteiger partial charge in [0.1, 0.15) is 6.04 Å². The standard InChI is InChI=1S/C29H34N4O7S2/c1-41(36,37)31-16-12-20(13-17-31)14-18-32-24-11-10-23(21-6-4-7-22(27(21)24)29(32)35)30-28(34)25-8-2-3-15-33(25)42(38,39)26-9-5-19-40-26/h4-7,9-11,19-20,25H,2-3,8,12-18H2,1H3,(H,30,34). The lowest BCUT2D eigenvalue weighted by Gasteiger charge is -2.33. The van der Waals surface area contributed by atoms with E-state index in [1.54, 1.807) is 23.1 Å². The number of piperidine rings is 2. The van der Waals surface area contributed by atoms with Gasteiger partial charge < -0.3 is 14.6 Å². The normalized spacial score (nSPS) is 20.8. The van der Waals surface area contributed by atoms with Gasteiger partial charge in [0.2, 0.25) is 21.0 Å². The molecule has 0 saturated carbocycles. The van der Waals surface area contributed by atoms with E-state index in [4.69, 9.17) is 4.42 Å². The first-order valence-electron chi connectivity index (χ1n) is 14.2. The Labute approximate surface area is 245 Å². The molecule has 0 radical (unpaired) electrons. The van der Waals surface area contributed by atoms with Gasteiger partial charge in [0.15, 0.2) is 0 Å². The molecule has 3 aliphatic rings. The molecule has 0 spiro atoms. The van der Waals surface area contributed by atoms with Crippen LogP contribution in [0.5, 0.6) is 0 Å². The molecule has 42 heavy (non-hydrogen) atoms. The second-order valence-corrected chi connectivity index (χ2v) is 15.1. The number of nitrogens with zero attached hydrogens (tertiary/aromatic N) is 3. The van der Waals surface area contributed by atoms with Gasteiger partial charge >= 0.3 is 0 Å². The molecule has 1 atom stereocenters. The van der Waals surface area contributed by atoms with E-state index >= 15 is 0 Å². The zero-order valence-electron chi connectivity index (χ0n) is 23.4. The van der Waals surface area contributed by atoms with Crippen molar-refractivity contribution in [3.8, 4) is 0 Å². The van der Waals surface area contributed by atoms with Gasteiger partial charge in [0, 0.05) is 48.2 Å². The number of anilines is 2. The molecule has 1 unspecified atom stereocenters. The van der Waals surface area contributed by atoms with Gasteiger partial charge in [-0.2, -0.15) is 4.31 Å². The van der Waals surface area contributed by atoms with Crippen molar-refractivity contribution in [1.29, 1.82) is 0 Å². The van der Waals surface area contributed by atoms with E-state index in [1.807, 2.05) is 12.1 Å².